The number of amides is 1. The maximum atomic E-state index is 13.8. The van der Waals surface area contributed by atoms with Gasteiger partial charge in [0.15, 0.2) is 0 Å². The van der Waals surface area contributed by atoms with Gasteiger partial charge in [0.1, 0.15) is 27.8 Å². The van der Waals surface area contributed by atoms with Gasteiger partial charge in [-0.15, -0.1) is 11.3 Å². The van der Waals surface area contributed by atoms with E-state index in [4.69, 9.17) is 4.74 Å². The number of aryl methyl sites for hydroxylation is 2. The lowest BCUT2D eigenvalue weighted by Gasteiger charge is -2.35. The molecule has 204 valence electrons. The molecule has 1 fully saturated rings. The molecule has 3 aromatic heterocycles. The number of nitrogens with zero attached hydrogens (tertiary/aromatic N) is 5. The van der Waals surface area contributed by atoms with Crippen LogP contribution in [-0.4, -0.2) is 66.5 Å². The van der Waals surface area contributed by atoms with Gasteiger partial charge in [-0.1, -0.05) is 18.2 Å². The largest absolute Gasteiger partial charge is 0.495 e. The Morgan fingerprint density at radius 3 is 2.54 bits per heavy atom. The van der Waals surface area contributed by atoms with Gasteiger partial charge in [0.05, 0.1) is 24.5 Å². The fourth-order valence-corrected chi connectivity index (χ4v) is 7.76. The van der Waals surface area contributed by atoms with E-state index >= 15 is 0 Å². The van der Waals surface area contributed by atoms with Crippen LogP contribution in [0.1, 0.15) is 10.6 Å². The van der Waals surface area contributed by atoms with Crippen LogP contribution in [0.15, 0.2) is 58.5 Å². The highest BCUT2D eigenvalue weighted by molar-refractivity contribution is 7.89. The molecule has 0 radical (unpaired) electrons. The maximum Gasteiger partial charge on any atom is 0.263 e. The minimum Gasteiger partial charge on any atom is -0.495 e. The molecular formula is C26H28N6O5S2. The molecule has 39 heavy (non-hydrogen) atoms. The number of hydrogen-bond donors (Lipinski definition) is 1. The third kappa shape index (κ3) is 5.24. The van der Waals surface area contributed by atoms with Crippen molar-refractivity contribution in [1.82, 2.24) is 18.8 Å². The summed E-state index contributed by atoms with van der Waals surface area (Å²) in [6, 6.07) is 12.8. The lowest BCUT2D eigenvalue weighted by atomic mass is 10.2. The number of nitrogens with one attached hydrogen (secondary N) is 1. The highest BCUT2D eigenvalue weighted by Crippen LogP contribution is 2.34. The summed E-state index contributed by atoms with van der Waals surface area (Å²) in [5.74, 6) is 0.617. The van der Waals surface area contributed by atoms with E-state index in [0.717, 1.165) is 33.0 Å². The molecule has 1 aromatic carbocycles. The Labute approximate surface area is 229 Å². The molecule has 0 saturated carbocycles. The van der Waals surface area contributed by atoms with E-state index in [-0.39, 0.29) is 29.9 Å². The average molecular weight is 569 g/mol. The predicted octanol–water partition coefficient (Wildman–Crippen LogP) is 2.63. The van der Waals surface area contributed by atoms with Crippen LogP contribution in [-0.2, 0) is 21.4 Å². The number of methoxy groups -OCH3 is 1. The molecule has 0 unspecified atom stereocenters. The quantitative estimate of drug-likeness (QED) is 0.361. The molecule has 13 heteroatoms. The van der Waals surface area contributed by atoms with Crippen LogP contribution in [0.3, 0.4) is 0 Å². The number of pyridine rings is 1. The SMILES string of the molecule is COc1ccccc1N1CCN(S(=O)(=O)c2c(C)sc3ncn(CC(=O)Nc4cccc(C)n4)c(=O)c23)CC1. The summed E-state index contributed by atoms with van der Waals surface area (Å²) in [7, 11) is -2.39. The van der Waals surface area contributed by atoms with E-state index in [9.17, 15) is 18.0 Å². The van der Waals surface area contributed by atoms with Crippen molar-refractivity contribution in [2.24, 2.45) is 0 Å². The van der Waals surface area contributed by atoms with Gasteiger partial charge >= 0.3 is 0 Å². The summed E-state index contributed by atoms with van der Waals surface area (Å²) in [6.45, 7) is 4.58. The number of thiophene rings is 1. The monoisotopic (exact) mass is 568 g/mol. The predicted molar refractivity (Wildman–Crippen MR) is 150 cm³/mol. The summed E-state index contributed by atoms with van der Waals surface area (Å²) in [5.41, 5.74) is 1.06. The van der Waals surface area contributed by atoms with E-state index in [1.807, 2.05) is 24.3 Å². The molecular weight excluding hydrogens is 540 g/mol. The van der Waals surface area contributed by atoms with Crippen molar-refractivity contribution in [3.63, 3.8) is 0 Å². The molecule has 0 aliphatic carbocycles. The minimum absolute atomic E-state index is 0.00800. The highest BCUT2D eigenvalue weighted by Gasteiger charge is 2.34. The number of rotatable bonds is 7. The Bertz CT molecular complexity index is 1710. The van der Waals surface area contributed by atoms with Crippen molar-refractivity contribution in [3.05, 3.63) is 69.7 Å². The first-order valence-corrected chi connectivity index (χ1v) is 14.5. The summed E-state index contributed by atoms with van der Waals surface area (Å²) in [4.78, 5) is 37.5. The number of carbonyl (C=O) groups excluding carboxylic acids is 1. The number of carbonyl (C=O) groups is 1. The van der Waals surface area contributed by atoms with Crippen LogP contribution in [0, 0.1) is 13.8 Å². The maximum absolute atomic E-state index is 13.8. The van der Waals surface area contributed by atoms with Gasteiger partial charge in [0.25, 0.3) is 5.56 Å². The van der Waals surface area contributed by atoms with Crippen molar-refractivity contribution in [1.29, 1.82) is 0 Å². The number of benzene rings is 1. The zero-order valence-electron chi connectivity index (χ0n) is 21.7. The number of sulfonamides is 1. The number of ether oxygens (including phenoxy) is 1. The molecule has 0 bridgehead atoms. The Morgan fingerprint density at radius 2 is 1.82 bits per heavy atom. The number of hydrogen-bond acceptors (Lipinski definition) is 9. The topological polar surface area (TPSA) is 127 Å². The highest BCUT2D eigenvalue weighted by atomic mass is 32.2. The van der Waals surface area contributed by atoms with Crippen molar-refractivity contribution >= 4 is 49.0 Å². The zero-order valence-corrected chi connectivity index (χ0v) is 23.4. The third-order valence-corrected chi connectivity index (χ3v) is 9.75. The first-order valence-electron chi connectivity index (χ1n) is 12.3. The molecule has 1 amide bonds. The van der Waals surface area contributed by atoms with Gasteiger partial charge in [-0.3, -0.25) is 14.2 Å². The first kappa shape index (κ1) is 26.8. The normalized spacial score (nSPS) is 14.5. The fraction of sp³-hybridized carbons (Fsp3) is 0.308. The molecule has 1 saturated heterocycles. The number of anilines is 2. The molecule has 11 nitrogen and oxygen atoms in total. The van der Waals surface area contributed by atoms with Crippen molar-refractivity contribution in [3.8, 4) is 5.75 Å². The van der Waals surface area contributed by atoms with Crippen LogP contribution in [0.2, 0.25) is 0 Å². The van der Waals surface area contributed by atoms with Crippen molar-refractivity contribution in [2.45, 2.75) is 25.3 Å². The Hall–Kier alpha value is -3.81. The Kier molecular flexibility index (Phi) is 7.38. The Morgan fingerprint density at radius 1 is 1.08 bits per heavy atom. The smallest absolute Gasteiger partial charge is 0.263 e. The number of fused-ring (bicyclic) bond motifs is 1. The first-order chi connectivity index (χ1) is 18.7. The lowest BCUT2D eigenvalue weighted by molar-refractivity contribution is -0.116. The lowest BCUT2D eigenvalue weighted by Crippen LogP contribution is -2.49. The standard InChI is InChI=1S/C26H28N6O5S2/c1-17-7-6-10-21(28-17)29-22(33)15-31-16-27-25-23(26(31)34)24(18(2)38-25)39(35,36)32-13-11-30(12-14-32)19-8-4-5-9-20(19)37-3/h4-10,16H,11-15H2,1-3H3,(H,28,29,33). The van der Waals surface area contributed by atoms with Gasteiger partial charge < -0.3 is 15.0 Å². The zero-order chi connectivity index (χ0) is 27.7. The van der Waals surface area contributed by atoms with Gasteiger partial charge in [-0.25, -0.2) is 18.4 Å². The molecule has 1 aliphatic heterocycles. The van der Waals surface area contributed by atoms with Gasteiger partial charge in [0.2, 0.25) is 15.9 Å². The van der Waals surface area contributed by atoms with E-state index in [1.165, 1.54) is 10.6 Å². The van der Waals surface area contributed by atoms with Crippen LogP contribution in [0.25, 0.3) is 10.2 Å². The minimum atomic E-state index is -4.00. The summed E-state index contributed by atoms with van der Waals surface area (Å²) in [5, 5.41) is 2.67. The summed E-state index contributed by atoms with van der Waals surface area (Å²) in [6.07, 6.45) is 1.27. The molecule has 0 atom stereocenters. The van der Waals surface area contributed by atoms with Crippen molar-refractivity contribution in [2.75, 3.05) is 43.5 Å². The van der Waals surface area contributed by atoms with E-state index in [1.54, 1.807) is 39.2 Å². The van der Waals surface area contributed by atoms with E-state index in [2.05, 4.69) is 20.2 Å². The number of piperazine rings is 1. The second kappa shape index (κ2) is 10.8. The Balaban J connectivity index is 1.40. The van der Waals surface area contributed by atoms with E-state index < -0.39 is 21.5 Å². The number of aromatic nitrogens is 3. The molecule has 4 heterocycles. The fourth-order valence-electron chi connectivity index (χ4n) is 4.68. The van der Waals surface area contributed by atoms with Crippen LogP contribution in [0.5, 0.6) is 5.75 Å². The third-order valence-electron chi connectivity index (χ3n) is 6.53. The van der Waals surface area contributed by atoms with Gasteiger partial charge in [-0.2, -0.15) is 4.31 Å². The molecule has 5 rings (SSSR count). The van der Waals surface area contributed by atoms with Crippen molar-refractivity contribution < 1.29 is 17.9 Å². The molecule has 1 N–H and O–H groups in total. The summed E-state index contributed by atoms with van der Waals surface area (Å²) >= 11 is 1.15. The van der Waals surface area contributed by atoms with Gasteiger partial charge in [0, 0.05) is 36.8 Å². The van der Waals surface area contributed by atoms with Crippen LogP contribution >= 0.6 is 11.3 Å². The second-order valence-electron chi connectivity index (χ2n) is 9.12. The van der Waals surface area contributed by atoms with Gasteiger partial charge in [-0.05, 0) is 38.1 Å². The molecule has 0 spiro atoms. The second-order valence-corrected chi connectivity index (χ2v) is 12.2. The molecule has 4 aromatic rings. The number of para-hydroxylation sites is 2. The average Bonchev–Trinajstić information content (AvgIpc) is 3.27. The molecule has 1 aliphatic rings. The van der Waals surface area contributed by atoms with Crippen LogP contribution < -0.4 is 20.5 Å². The van der Waals surface area contributed by atoms with E-state index in [0.29, 0.717) is 28.6 Å². The van der Waals surface area contributed by atoms with Crippen LogP contribution in [0.4, 0.5) is 11.5 Å². The summed E-state index contributed by atoms with van der Waals surface area (Å²) < 4.78 is 35.7.